The Morgan fingerprint density at radius 3 is 2.38 bits per heavy atom. The summed E-state index contributed by atoms with van der Waals surface area (Å²) in [7, 11) is 5.80. The van der Waals surface area contributed by atoms with Crippen LogP contribution >= 0.6 is 0 Å². The van der Waals surface area contributed by atoms with Crippen LogP contribution in [0.15, 0.2) is 54.7 Å². The summed E-state index contributed by atoms with van der Waals surface area (Å²) in [4.78, 5) is 22.6. The van der Waals surface area contributed by atoms with Gasteiger partial charge in [-0.25, -0.2) is 8.42 Å². The number of sulfonamides is 1. The molecule has 0 aliphatic heterocycles. The number of benzene rings is 2. The molecule has 2 aromatic heterocycles. The zero-order chi connectivity index (χ0) is 33.1. The number of ether oxygens (including phenoxy) is 2. The highest BCUT2D eigenvalue weighted by molar-refractivity contribution is 7.92. The summed E-state index contributed by atoms with van der Waals surface area (Å²) in [5, 5.41) is 3.78. The molecule has 11 nitrogen and oxygen atoms in total. The van der Waals surface area contributed by atoms with Crippen LogP contribution in [0.3, 0.4) is 0 Å². The molecule has 0 saturated carbocycles. The largest absolute Gasteiger partial charge is 0.492 e. The van der Waals surface area contributed by atoms with Gasteiger partial charge in [0, 0.05) is 44.3 Å². The van der Waals surface area contributed by atoms with E-state index in [0.29, 0.717) is 29.4 Å². The molecule has 0 unspecified atom stereocenters. The third-order valence-electron chi connectivity index (χ3n) is 7.33. The molecule has 0 aliphatic rings. The highest BCUT2D eigenvalue weighted by atomic mass is 32.2. The first kappa shape index (κ1) is 33.8. The third kappa shape index (κ3) is 8.53. The van der Waals surface area contributed by atoms with E-state index in [9.17, 15) is 13.2 Å². The topological polar surface area (TPSA) is 118 Å². The van der Waals surface area contributed by atoms with Crippen LogP contribution in [0, 0.1) is 0 Å². The SMILES string of the molecule is COc1c(NC(=O)c2cc3cccc(Oc4ccnc(CN(C)CCN(C)C)c4)c3n2C)cc(C(C)(C)C)cc1NS(C)(=O)=O. The van der Waals surface area contributed by atoms with E-state index in [1.54, 1.807) is 36.0 Å². The monoisotopic (exact) mass is 636 g/mol. The lowest BCUT2D eigenvalue weighted by Crippen LogP contribution is -2.28. The number of hydrogen-bond acceptors (Lipinski definition) is 8. The fraction of sp³-hybridized carbons (Fsp3) is 0.394. The number of pyridine rings is 1. The zero-order valence-corrected chi connectivity index (χ0v) is 28.4. The van der Waals surface area contributed by atoms with Crippen LogP contribution in [0.4, 0.5) is 11.4 Å². The van der Waals surface area contributed by atoms with Gasteiger partial charge in [0.15, 0.2) is 11.5 Å². The summed E-state index contributed by atoms with van der Waals surface area (Å²) in [6.07, 6.45) is 2.81. The van der Waals surface area contributed by atoms with Crippen LogP contribution in [0.5, 0.6) is 17.2 Å². The molecule has 4 rings (SSSR count). The first-order valence-corrected chi connectivity index (χ1v) is 16.5. The molecule has 0 radical (unpaired) electrons. The molecule has 12 heteroatoms. The number of aromatic nitrogens is 2. The molecule has 242 valence electrons. The number of methoxy groups -OCH3 is 1. The molecular formula is C33H44N6O5S. The van der Waals surface area contributed by atoms with Crippen LogP contribution < -0.4 is 19.5 Å². The van der Waals surface area contributed by atoms with Crippen molar-refractivity contribution in [2.45, 2.75) is 32.7 Å². The van der Waals surface area contributed by atoms with Crippen molar-refractivity contribution in [2.75, 3.05) is 57.6 Å². The van der Waals surface area contributed by atoms with E-state index in [1.165, 1.54) is 7.11 Å². The Labute approximate surface area is 266 Å². The Balaban J connectivity index is 1.65. The lowest BCUT2D eigenvalue weighted by Gasteiger charge is -2.24. The van der Waals surface area contributed by atoms with Gasteiger partial charge in [-0.2, -0.15) is 0 Å². The predicted octanol–water partition coefficient (Wildman–Crippen LogP) is 5.29. The molecule has 0 atom stereocenters. The lowest BCUT2D eigenvalue weighted by molar-refractivity contribution is 0.101. The number of carbonyl (C=O) groups excluding carboxylic acids is 1. The summed E-state index contributed by atoms with van der Waals surface area (Å²) in [5.41, 5.74) is 3.11. The zero-order valence-electron chi connectivity index (χ0n) is 27.6. The highest BCUT2D eigenvalue weighted by Crippen LogP contribution is 2.40. The van der Waals surface area contributed by atoms with Gasteiger partial charge in [0.2, 0.25) is 10.0 Å². The van der Waals surface area contributed by atoms with Crippen molar-refractivity contribution in [3.05, 3.63) is 71.7 Å². The van der Waals surface area contributed by atoms with Gasteiger partial charge in [-0.1, -0.05) is 32.9 Å². The molecule has 2 heterocycles. The summed E-state index contributed by atoms with van der Waals surface area (Å²) in [5.74, 6) is 1.07. The average Bonchev–Trinajstić information content (AvgIpc) is 3.28. The van der Waals surface area contributed by atoms with Gasteiger partial charge in [0.05, 0.1) is 36.0 Å². The highest BCUT2D eigenvalue weighted by Gasteiger charge is 2.24. The number of amides is 1. The average molecular weight is 637 g/mol. The lowest BCUT2D eigenvalue weighted by atomic mass is 9.86. The fourth-order valence-electron chi connectivity index (χ4n) is 4.98. The Hall–Kier alpha value is -4.13. The van der Waals surface area contributed by atoms with Crippen molar-refractivity contribution in [1.29, 1.82) is 0 Å². The molecule has 4 aromatic rings. The molecule has 2 aromatic carbocycles. The normalized spacial score (nSPS) is 12.2. The van der Waals surface area contributed by atoms with E-state index in [1.807, 2.05) is 51.1 Å². The van der Waals surface area contributed by atoms with E-state index in [0.717, 1.165) is 41.5 Å². The standard InChI is InChI=1S/C33H44N6O5S/c1-33(2,3)23-18-26(31(43-8)27(19-23)36-45(9,41)42)35-32(40)28-17-22-11-10-12-29(30(22)39(28)7)44-25-13-14-34-24(20-25)21-38(6)16-15-37(4)5/h10-14,17-20,36H,15-16,21H2,1-9H3,(H,35,40). The van der Waals surface area contributed by atoms with Gasteiger partial charge in [-0.05, 0) is 62.5 Å². The van der Waals surface area contributed by atoms with Gasteiger partial charge >= 0.3 is 0 Å². The smallest absolute Gasteiger partial charge is 0.272 e. The molecule has 0 bridgehead atoms. The van der Waals surface area contributed by atoms with E-state index in [2.05, 4.69) is 46.0 Å². The molecule has 0 aliphatic carbocycles. The summed E-state index contributed by atoms with van der Waals surface area (Å²) >= 11 is 0. The van der Waals surface area contributed by atoms with Crippen LogP contribution in [-0.2, 0) is 29.0 Å². The number of carbonyl (C=O) groups is 1. The summed E-state index contributed by atoms with van der Waals surface area (Å²) < 4.78 is 40.5. The molecule has 2 N–H and O–H groups in total. The Bertz CT molecular complexity index is 1790. The van der Waals surface area contributed by atoms with E-state index < -0.39 is 10.0 Å². The van der Waals surface area contributed by atoms with Gasteiger partial charge in [0.25, 0.3) is 5.91 Å². The quantitative estimate of drug-likeness (QED) is 0.216. The number of likely N-dealkylation sites (N-methyl/N-ethyl adjacent to an activating group) is 2. The molecular weight excluding hydrogens is 592 g/mol. The van der Waals surface area contributed by atoms with Gasteiger partial charge < -0.3 is 24.3 Å². The second-order valence-electron chi connectivity index (χ2n) is 12.6. The third-order valence-corrected chi connectivity index (χ3v) is 7.92. The maximum atomic E-state index is 13.8. The van der Waals surface area contributed by atoms with Crippen molar-refractivity contribution < 1.29 is 22.7 Å². The molecule has 0 fully saturated rings. The number of aryl methyl sites for hydroxylation is 1. The number of nitrogens with zero attached hydrogens (tertiary/aromatic N) is 4. The van der Waals surface area contributed by atoms with E-state index in [4.69, 9.17) is 9.47 Å². The molecule has 0 saturated heterocycles. The minimum atomic E-state index is -3.61. The van der Waals surface area contributed by atoms with Crippen molar-refractivity contribution in [1.82, 2.24) is 19.4 Å². The van der Waals surface area contributed by atoms with Crippen LogP contribution in [-0.4, -0.2) is 81.3 Å². The minimum Gasteiger partial charge on any atom is -0.492 e. The first-order valence-electron chi connectivity index (χ1n) is 14.6. The van der Waals surface area contributed by atoms with Gasteiger partial charge in [-0.15, -0.1) is 0 Å². The summed E-state index contributed by atoms with van der Waals surface area (Å²) in [6.45, 7) is 8.56. The number of fused-ring (bicyclic) bond motifs is 1. The predicted molar refractivity (Wildman–Crippen MR) is 180 cm³/mol. The van der Waals surface area contributed by atoms with Crippen molar-refractivity contribution in [2.24, 2.45) is 7.05 Å². The van der Waals surface area contributed by atoms with Gasteiger partial charge in [0.1, 0.15) is 11.4 Å². The second kappa shape index (κ2) is 13.5. The van der Waals surface area contributed by atoms with Gasteiger partial charge in [-0.3, -0.25) is 19.4 Å². The Morgan fingerprint density at radius 2 is 1.73 bits per heavy atom. The number of rotatable bonds is 12. The van der Waals surface area contributed by atoms with Crippen LogP contribution in [0.1, 0.15) is 42.5 Å². The molecule has 45 heavy (non-hydrogen) atoms. The minimum absolute atomic E-state index is 0.213. The second-order valence-corrected chi connectivity index (χ2v) is 14.3. The fourth-order valence-corrected chi connectivity index (χ4v) is 5.53. The Morgan fingerprint density at radius 1 is 1.02 bits per heavy atom. The molecule has 0 spiro atoms. The van der Waals surface area contributed by atoms with E-state index in [-0.39, 0.29) is 22.8 Å². The summed E-state index contributed by atoms with van der Waals surface area (Å²) in [6, 6.07) is 14.7. The number of para-hydroxylation sites is 1. The maximum Gasteiger partial charge on any atom is 0.272 e. The van der Waals surface area contributed by atoms with Crippen molar-refractivity contribution in [3.8, 4) is 17.2 Å². The number of nitrogens with one attached hydrogen (secondary N) is 2. The number of anilines is 2. The van der Waals surface area contributed by atoms with Crippen LogP contribution in [0.25, 0.3) is 10.9 Å². The first-order chi connectivity index (χ1) is 21.1. The molecule has 1 amide bonds. The van der Waals surface area contributed by atoms with Crippen LogP contribution in [0.2, 0.25) is 0 Å². The van der Waals surface area contributed by atoms with E-state index >= 15 is 0 Å². The van der Waals surface area contributed by atoms with Crippen molar-refractivity contribution in [3.63, 3.8) is 0 Å². The maximum absolute atomic E-state index is 13.8. The number of hydrogen-bond donors (Lipinski definition) is 2. The van der Waals surface area contributed by atoms with Crippen molar-refractivity contribution >= 4 is 38.2 Å². The Kier molecular flexibility index (Phi) is 10.1.